The van der Waals surface area contributed by atoms with Crippen LogP contribution in [0, 0.1) is 0 Å². The van der Waals surface area contributed by atoms with Crippen LogP contribution < -0.4 is 15.2 Å². The Morgan fingerprint density at radius 3 is 2.82 bits per heavy atom. The van der Waals surface area contributed by atoms with E-state index in [1.54, 1.807) is 0 Å². The molecule has 2 rings (SSSR count). The van der Waals surface area contributed by atoms with Crippen molar-refractivity contribution >= 4 is 21.7 Å². The fourth-order valence-corrected chi connectivity index (χ4v) is 1.66. The van der Waals surface area contributed by atoms with Gasteiger partial charge in [-0.2, -0.15) is 4.98 Å². The number of hydrogen-bond donors (Lipinski definition) is 1. The van der Waals surface area contributed by atoms with Crippen LogP contribution >= 0.6 is 15.9 Å². The fraction of sp³-hybridized carbons (Fsp3) is 0.0909. The van der Waals surface area contributed by atoms with Crippen molar-refractivity contribution in [2.45, 2.75) is 0 Å². The molecule has 0 aliphatic rings. The first-order valence-electron chi connectivity index (χ1n) is 4.78. The lowest BCUT2D eigenvalue weighted by atomic mass is 10.3. The Kier molecular flexibility index (Phi) is 3.43. The third kappa shape index (κ3) is 2.65. The fourth-order valence-electron chi connectivity index (χ4n) is 1.28. The molecule has 17 heavy (non-hydrogen) atoms. The van der Waals surface area contributed by atoms with Gasteiger partial charge in [0.05, 0.1) is 7.11 Å². The number of anilines is 1. The predicted molar refractivity (Wildman–Crippen MR) is 67.2 cm³/mol. The molecular weight excluding hydrogens is 286 g/mol. The van der Waals surface area contributed by atoms with E-state index in [1.807, 2.05) is 24.3 Å². The van der Waals surface area contributed by atoms with E-state index in [0.717, 1.165) is 4.47 Å². The molecule has 1 aromatic heterocycles. The van der Waals surface area contributed by atoms with Gasteiger partial charge in [0.25, 0.3) is 5.88 Å². The van der Waals surface area contributed by atoms with Crippen molar-refractivity contribution in [2.75, 3.05) is 12.8 Å². The highest BCUT2D eigenvalue weighted by molar-refractivity contribution is 9.10. The zero-order valence-electron chi connectivity index (χ0n) is 9.05. The first-order valence-corrected chi connectivity index (χ1v) is 5.58. The van der Waals surface area contributed by atoms with E-state index in [2.05, 4.69) is 25.9 Å². The summed E-state index contributed by atoms with van der Waals surface area (Å²) in [5, 5.41) is 0. The minimum atomic E-state index is 0.243. The molecule has 0 aliphatic carbocycles. The van der Waals surface area contributed by atoms with Crippen LogP contribution in [0.1, 0.15) is 0 Å². The maximum Gasteiger partial charge on any atom is 0.268 e. The molecule has 2 N–H and O–H groups in total. The number of rotatable bonds is 3. The largest absolute Gasteiger partial charge is 0.489 e. The lowest BCUT2D eigenvalue weighted by Crippen LogP contribution is -2.00. The van der Waals surface area contributed by atoms with E-state index in [-0.39, 0.29) is 11.7 Å². The Morgan fingerprint density at radius 1 is 1.29 bits per heavy atom. The van der Waals surface area contributed by atoms with Crippen molar-refractivity contribution < 1.29 is 9.47 Å². The maximum atomic E-state index is 5.65. The van der Waals surface area contributed by atoms with Gasteiger partial charge in [-0.05, 0) is 18.2 Å². The first-order chi connectivity index (χ1) is 8.20. The van der Waals surface area contributed by atoms with E-state index in [9.17, 15) is 0 Å². The third-order valence-corrected chi connectivity index (χ3v) is 2.51. The summed E-state index contributed by atoms with van der Waals surface area (Å²) in [5.41, 5.74) is 5.65. The molecule has 1 heterocycles. The molecule has 88 valence electrons. The molecule has 0 saturated heterocycles. The highest BCUT2D eigenvalue weighted by Crippen LogP contribution is 2.32. The molecular formula is C11H10BrN3O2. The van der Waals surface area contributed by atoms with Gasteiger partial charge in [-0.25, -0.2) is 4.98 Å². The summed E-state index contributed by atoms with van der Waals surface area (Å²) in [4.78, 5) is 7.80. The summed E-state index contributed by atoms with van der Waals surface area (Å²) in [6, 6.07) is 7.38. The summed E-state index contributed by atoms with van der Waals surface area (Å²) in [6.07, 6.45) is 1.32. The molecule has 0 atom stereocenters. The minimum Gasteiger partial charge on any atom is -0.489 e. The zero-order valence-corrected chi connectivity index (χ0v) is 10.6. The van der Waals surface area contributed by atoms with E-state index in [1.165, 1.54) is 13.4 Å². The van der Waals surface area contributed by atoms with Gasteiger partial charge in [0, 0.05) is 4.47 Å². The molecule has 0 spiro atoms. The standard InChI is InChI=1S/C11H10BrN3O2/c1-16-9-10(13)14-6-15-11(9)17-8-4-2-3-7(12)5-8/h2-6H,1H3,(H2,13,14,15). The number of ether oxygens (including phenoxy) is 2. The smallest absolute Gasteiger partial charge is 0.268 e. The lowest BCUT2D eigenvalue weighted by molar-refractivity contribution is 0.369. The minimum absolute atomic E-state index is 0.243. The summed E-state index contributed by atoms with van der Waals surface area (Å²) >= 11 is 3.36. The van der Waals surface area contributed by atoms with Crippen LogP contribution in [0.15, 0.2) is 35.1 Å². The monoisotopic (exact) mass is 295 g/mol. The van der Waals surface area contributed by atoms with Gasteiger partial charge in [-0.1, -0.05) is 22.0 Å². The Morgan fingerprint density at radius 2 is 2.12 bits per heavy atom. The van der Waals surface area contributed by atoms with E-state index in [4.69, 9.17) is 15.2 Å². The molecule has 2 aromatic rings. The van der Waals surface area contributed by atoms with Gasteiger partial charge in [0.1, 0.15) is 12.1 Å². The number of methoxy groups -OCH3 is 1. The van der Waals surface area contributed by atoms with Crippen molar-refractivity contribution in [3.8, 4) is 17.4 Å². The Hall–Kier alpha value is -1.82. The summed E-state index contributed by atoms with van der Waals surface area (Å²) in [7, 11) is 1.49. The number of aromatic nitrogens is 2. The molecule has 0 fully saturated rings. The van der Waals surface area contributed by atoms with Crippen LogP contribution in [0.4, 0.5) is 5.82 Å². The van der Waals surface area contributed by atoms with Crippen molar-refractivity contribution in [2.24, 2.45) is 0 Å². The van der Waals surface area contributed by atoms with Gasteiger partial charge in [0.2, 0.25) is 5.75 Å². The molecule has 0 radical (unpaired) electrons. The number of nitrogens with two attached hydrogens (primary N) is 1. The first kappa shape index (κ1) is 11.7. The lowest BCUT2D eigenvalue weighted by Gasteiger charge is -2.09. The van der Waals surface area contributed by atoms with E-state index in [0.29, 0.717) is 11.5 Å². The van der Waals surface area contributed by atoms with Gasteiger partial charge >= 0.3 is 0 Å². The van der Waals surface area contributed by atoms with Crippen molar-refractivity contribution in [3.63, 3.8) is 0 Å². The van der Waals surface area contributed by atoms with Crippen LogP contribution in [-0.4, -0.2) is 17.1 Å². The topological polar surface area (TPSA) is 70.3 Å². The van der Waals surface area contributed by atoms with Crippen LogP contribution in [-0.2, 0) is 0 Å². The molecule has 5 nitrogen and oxygen atoms in total. The maximum absolute atomic E-state index is 5.65. The summed E-state index contributed by atoms with van der Waals surface area (Å²) < 4.78 is 11.6. The van der Waals surface area contributed by atoms with E-state index >= 15 is 0 Å². The van der Waals surface area contributed by atoms with E-state index < -0.39 is 0 Å². The molecule has 0 aliphatic heterocycles. The highest BCUT2D eigenvalue weighted by atomic mass is 79.9. The highest BCUT2D eigenvalue weighted by Gasteiger charge is 2.11. The van der Waals surface area contributed by atoms with Crippen molar-refractivity contribution in [3.05, 3.63) is 35.1 Å². The van der Waals surface area contributed by atoms with Gasteiger partial charge in [-0.15, -0.1) is 0 Å². The average molecular weight is 296 g/mol. The van der Waals surface area contributed by atoms with Crippen LogP contribution in [0.25, 0.3) is 0 Å². The molecule has 0 bridgehead atoms. The number of nitrogen functional groups attached to an aromatic ring is 1. The number of benzene rings is 1. The molecule has 1 aromatic carbocycles. The second-order valence-corrected chi connectivity index (χ2v) is 4.07. The van der Waals surface area contributed by atoms with Crippen molar-refractivity contribution in [1.29, 1.82) is 0 Å². The molecule has 0 unspecified atom stereocenters. The van der Waals surface area contributed by atoms with Crippen LogP contribution in [0.2, 0.25) is 0 Å². The summed E-state index contributed by atoms with van der Waals surface area (Å²) in [5.74, 6) is 1.49. The normalized spacial score (nSPS) is 10.0. The predicted octanol–water partition coefficient (Wildman–Crippen LogP) is 2.62. The number of halogens is 1. The van der Waals surface area contributed by atoms with Gasteiger partial charge in [-0.3, -0.25) is 0 Å². The molecule has 0 saturated carbocycles. The van der Waals surface area contributed by atoms with Crippen LogP contribution in [0.3, 0.4) is 0 Å². The Bertz CT molecular complexity index is 534. The average Bonchev–Trinajstić information content (AvgIpc) is 2.29. The van der Waals surface area contributed by atoms with Gasteiger partial charge in [0.15, 0.2) is 5.82 Å². The Labute approximate surface area is 107 Å². The zero-order chi connectivity index (χ0) is 12.3. The molecule has 6 heteroatoms. The SMILES string of the molecule is COc1c(N)ncnc1Oc1cccc(Br)c1. The quantitative estimate of drug-likeness (QED) is 0.942. The van der Waals surface area contributed by atoms with Crippen molar-refractivity contribution in [1.82, 2.24) is 9.97 Å². The Balaban J connectivity index is 2.33. The number of nitrogens with zero attached hydrogens (tertiary/aromatic N) is 2. The molecule has 0 amide bonds. The number of hydrogen-bond acceptors (Lipinski definition) is 5. The third-order valence-electron chi connectivity index (χ3n) is 2.01. The van der Waals surface area contributed by atoms with Gasteiger partial charge < -0.3 is 15.2 Å². The second-order valence-electron chi connectivity index (χ2n) is 3.16. The summed E-state index contributed by atoms with van der Waals surface area (Å²) in [6.45, 7) is 0. The van der Waals surface area contributed by atoms with Crippen LogP contribution in [0.5, 0.6) is 17.4 Å². The second kappa shape index (κ2) is 5.01.